The molecule has 1 aromatic heterocycles. The topological polar surface area (TPSA) is 63.3 Å². The van der Waals surface area contributed by atoms with Crippen molar-refractivity contribution in [3.8, 4) is 0 Å². The van der Waals surface area contributed by atoms with Crippen LogP contribution in [0.3, 0.4) is 0 Å². The minimum absolute atomic E-state index is 0.267. The van der Waals surface area contributed by atoms with Crippen LogP contribution in [0.4, 0.5) is 15.3 Å². The van der Waals surface area contributed by atoms with Crippen molar-refractivity contribution >= 4 is 28.5 Å². The van der Waals surface area contributed by atoms with Gasteiger partial charge in [-0.3, -0.25) is 5.43 Å². The molecule has 0 saturated carbocycles. The van der Waals surface area contributed by atoms with Gasteiger partial charge in [0.1, 0.15) is 11.6 Å². The smallest absolute Gasteiger partial charge is 0.205 e. The van der Waals surface area contributed by atoms with E-state index in [-0.39, 0.29) is 5.82 Å². The third-order valence-corrected chi connectivity index (χ3v) is 2.87. The summed E-state index contributed by atoms with van der Waals surface area (Å²) in [5.74, 6) is 0.172. The number of halogens is 1. The Hall–Kier alpha value is -1.95. The molecule has 4 nitrogen and oxygen atoms in total. The van der Waals surface area contributed by atoms with Crippen molar-refractivity contribution in [1.29, 1.82) is 0 Å². The summed E-state index contributed by atoms with van der Waals surface area (Å²) in [6, 6.07) is 5.15. The van der Waals surface area contributed by atoms with Crippen molar-refractivity contribution < 1.29 is 4.39 Å². The van der Waals surface area contributed by atoms with E-state index < -0.39 is 0 Å². The van der Waals surface area contributed by atoms with Crippen LogP contribution in [-0.4, -0.2) is 11.2 Å². The van der Waals surface area contributed by atoms with Crippen LogP contribution in [0.5, 0.6) is 0 Å². The number of aryl methyl sites for hydroxylation is 1. The van der Waals surface area contributed by atoms with Gasteiger partial charge in [0.2, 0.25) is 5.13 Å². The first-order valence-electron chi connectivity index (χ1n) is 4.92. The molecule has 2 rings (SSSR count). The van der Waals surface area contributed by atoms with Gasteiger partial charge in [0, 0.05) is 10.9 Å². The lowest BCUT2D eigenvalue weighted by molar-refractivity contribution is 0.616. The van der Waals surface area contributed by atoms with E-state index in [0.29, 0.717) is 22.1 Å². The number of hydrazone groups is 1. The molecule has 0 spiro atoms. The zero-order valence-electron chi connectivity index (χ0n) is 9.14. The first-order chi connectivity index (χ1) is 8.16. The first-order valence-corrected chi connectivity index (χ1v) is 5.80. The minimum Gasteiger partial charge on any atom is -0.383 e. The number of nitrogens with one attached hydrogen (secondary N) is 1. The number of hydrogen-bond acceptors (Lipinski definition) is 5. The Labute approximate surface area is 102 Å². The molecule has 0 bridgehead atoms. The molecule has 6 heteroatoms. The Morgan fingerprint density at radius 1 is 1.53 bits per heavy atom. The van der Waals surface area contributed by atoms with Crippen molar-refractivity contribution in [1.82, 2.24) is 4.98 Å². The van der Waals surface area contributed by atoms with E-state index in [0.717, 1.165) is 0 Å². The Bertz CT molecular complexity index is 550. The first kappa shape index (κ1) is 11.5. The number of anilines is 2. The molecule has 3 N–H and O–H groups in total. The average Bonchev–Trinajstić information content (AvgIpc) is 2.70. The molecule has 0 unspecified atom stereocenters. The Morgan fingerprint density at radius 2 is 2.35 bits per heavy atom. The van der Waals surface area contributed by atoms with Gasteiger partial charge in [0.15, 0.2) is 0 Å². The minimum atomic E-state index is -0.267. The van der Waals surface area contributed by atoms with E-state index in [1.54, 1.807) is 30.5 Å². The molecule has 0 saturated heterocycles. The lowest BCUT2D eigenvalue weighted by Gasteiger charge is -1.99. The molecule has 0 atom stereocenters. The van der Waals surface area contributed by atoms with Gasteiger partial charge in [-0.05, 0) is 12.5 Å². The standard InChI is InChI=1S/C11H11FN4S/c1-7-3-2-4-8(10(7)12)5-14-16-11-15-9(13)6-17-11/h2-6H,13H2,1H3,(H,15,16). The summed E-state index contributed by atoms with van der Waals surface area (Å²) in [4.78, 5) is 3.96. The van der Waals surface area contributed by atoms with E-state index >= 15 is 0 Å². The average molecular weight is 250 g/mol. The number of benzene rings is 1. The number of aromatic nitrogens is 1. The molecule has 0 radical (unpaired) electrons. The second-order valence-electron chi connectivity index (χ2n) is 3.43. The van der Waals surface area contributed by atoms with Gasteiger partial charge in [-0.25, -0.2) is 9.37 Å². The van der Waals surface area contributed by atoms with Crippen LogP contribution < -0.4 is 11.2 Å². The molecule has 1 aromatic carbocycles. The predicted molar refractivity (Wildman–Crippen MR) is 68.9 cm³/mol. The van der Waals surface area contributed by atoms with Gasteiger partial charge in [-0.15, -0.1) is 11.3 Å². The molecule has 0 aliphatic heterocycles. The highest BCUT2D eigenvalue weighted by atomic mass is 32.1. The Kier molecular flexibility index (Phi) is 3.34. The van der Waals surface area contributed by atoms with Crippen LogP contribution in [0.1, 0.15) is 11.1 Å². The second-order valence-corrected chi connectivity index (χ2v) is 4.28. The summed E-state index contributed by atoms with van der Waals surface area (Å²) in [5.41, 5.74) is 9.17. The molecule has 88 valence electrons. The van der Waals surface area contributed by atoms with Crippen LogP contribution in [0.15, 0.2) is 28.7 Å². The highest BCUT2D eigenvalue weighted by Crippen LogP contribution is 2.16. The monoisotopic (exact) mass is 250 g/mol. The van der Waals surface area contributed by atoms with E-state index in [1.165, 1.54) is 17.6 Å². The van der Waals surface area contributed by atoms with Crippen LogP contribution >= 0.6 is 11.3 Å². The number of nitrogen functional groups attached to an aromatic ring is 1. The number of hydrogen-bond donors (Lipinski definition) is 2. The highest BCUT2D eigenvalue weighted by Gasteiger charge is 2.01. The van der Waals surface area contributed by atoms with Crippen molar-refractivity contribution in [2.75, 3.05) is 11.2 Å². The maximum atomic E-state index is 13.6. The quantitative estimate of drug-likeness (QED) is 0.650. The molecular weight excluding hydrogens is 239 g/mol. The van der Waals surface area contributed by atoms with Crippen LogP contribution in [0.25, 0.3) is 0 Å². The predicted octanol–water partition coefficient (Wildman–Crippen LogP) is 2.62. The lowest BCUT2D eigenvalue weighted by atomic mass is 10.1. The largest absolute Gasteiger partial charge is 0.383 e. The number of nitrogens with zero attached hydrogens (tertiary/aromatic N) is 2. The third-order valence-electron chi connectivity index (χ3n) is 2.11. The summed E-state index contributed by atoms with van der Waals surface area (Å²) in [6.45, 7) is 1.71. The summed E-state index contributed by atoms with van der Waals surface area (Å²) in [5, 5.41) is 6.18. The Balaban J connectivity index is 2.08. The van der Waals surface area contributed by atoms with Crippen molar-refractivity contribution in [3.63, 3.8) is 0 Å². The van der Waals surface area contributed by atoms with E-state index in [9.17, 15) is 4.39 Å². The van der Waals surface area contributed by atoms with Gasteiger partial charge in [0.05, 0.1) is 6.21 Å². The second kappa shape index (κ2) is 4.92. The van der Waals surface area contributed by atoms with E-state index in [1.807, 2.05) is 0 Å². The van der Waals surface area contributed by atoms with Crippen LogP contribution in [0, 0.1) is 12.7 Å². The molecular formula is C11H11FN4S. The third kappa shape index (κ3) is 2.79. The molecule has 0 fully saturated rings. The molecule has 2 aromatic rings. The van der Waals surface area contributed by atoms with Gasteiger partial charge in [0.25, 0.3) is 0 Å². The maximum Gasteiger partial charge on any atom is 0.205 e. The van der Waals surface area contributed by atoms with Crippen molar-refractivity contribution in [3.05, 3.63) is 40.5 Å². The summed E-state index contributed by atoms with van der Waals surface area (Å²) >= 11 is 1.34. The number of thiazole rings is 1. The van der Waals surface area contributed by atoms with Gasteiger partial charge in [-0.2, -0.15) is 5.10 Å². The fraction of sp³-hybridized carbons (Fsp3) is 0.0909. The SMILES string of the molecule is Cc1cccc(C=NNc2nc(N)cs2)c1F. The summed E-state index contributed by atoms with van der Waals surface area (Å²) in [6.07, 6.45) is 1.42. The molecule has 1 heterocycles. The summed E-state index contributed by atoms with van der Waals surface area (Å²) in [7, 11) is 0. The molecule has 0 aliphatic carbocycles. The zero-order valence-corrected chi connectivity index (χ0v) is 9.96. The maximum absolute atomic E-state index is 13.6. The number of rotatable bonds is 3. The van der Waals surface area contributed by atoms with E-state index in [4.69, 9.17) is 5.73 Å². The molecule has 0 amide bonds. The van der Waals surface area contributed by atoms with Gasteiger partial charge < -0.3 is 5.73 Å². The van der Waals surface area contributed by atoms with E-state index in [2.05, 4.69) is 15.5 Å². The fourth-order valence-electron chi connectivity index (χ4n) is 1.26. The van der Waals surface area contributed by atoms with Gasteiger partial charge >= 0.3 is 0 Å². The zero-order chi connectivity index (χ0) is 12.3. The normalized spacial score (nSPS) is 10.9. The van der Waals surface area contributed by atoms with Crippen LogP contribution in [-0.2, 0) is 0 Å². The van der Waals surface area contributed by atoms with Crippen LogP contribution in [0.2, 0.25) is 0 Å². The lowest BCUT2D eigenvalue weighted by Crippen LogP contribution is -1.95. The Morgan fingerprint density at radius 3 is 3.06 bits per heavy atom. The summed E-state index contributed by atoms with van der Waals surface area (Å²) < 4.78 is 13.6. The van der Waals surface area contributed by atoms with Crippen molar-refractivity contribution in [2.45, 2.75) is 6.92 Å². The molecule has 17 heavy (non-hydrogen) atoms. The van der Waals surface area contributed by atoms with Gasteiger partial charge in [-0.1, -0.05) is 18.2 Å². The van der Waals surface area contributed by atoms with Crippen molar-refractivity contribution in [2.24, 2.45) is 5.10 Å². The highest BCUT2D eigenvalue weighted by molar-refractivity contribution is 7.14. The fourth-order valence-corrected chi connectivity index (χ4v) is 1.81. The number of nitrogens with two attached hydrogens (primary N) is 1. The molecule has 0 aliphatic rings.